The molecule has 1 saturated heterocycles. The van der Waals surface area contributed by atoms with Crippen molar-refractivity contribution in [1.29, 1.82) is 0 Å². The van der Waals surface area contributed by atoms with Crippen LogP contribution < -0.4 is 5.32 Å². The van der Waals surface area contributed by atoms with Crippen LogP contribution >= 0.6 is 0 Å². The van der Waals surface area contributed by atoms with Crippen LogP contribution in [0.4, 0.5) is 0 Å². The summed E-state index contributed by atoms with van der Waals surface area (Å²) in [4.78, 5) is 0. The van der Waals surface area contributed by atoms with Crippen molar-refractivity contribution >= 4 is 0 Å². The van der Waals surface area contributed by atoms with Gasteiger partial charge in [-0.2, -0.15) is 0 Å². The number of hydrogen-bond donors (Lipinski definition) is 1. The zero-order chi connectivity index (χ0) is 10.0. The summed E-state index contributed by atoms with van der Waals surface area (Å²) in [6, 6.07) is 0. The molecule has 1 heteroatoms. The van der Waals surface area contributed by atoms with Gasteiger partial charge in [-0.25, -0.2) is 0 Å². The maximum Gasteiger partial charge on any atom is 0.00136 e. The van der Waals surface area contributed by atoms with Crippen molar-refractivity contribution in [2.24, 2.45) is 17.3 Å². The second-order valence-electron chi connectivity index (χ2n) is 5.50. The first-order valence-corrected chi connectivity index (χ1v) is 6.50. The fraction of sp³-hybridized carbons (Fsp3) is 1.00. The van der Waals surface area contributed by atoms with Crippen LogP contribution in [0.25, 0.3) is 0 Å². The quantitative estimate of drug-likeness (QED) is 0.729. The molecule has 0 aromatic heterocycles. The second-order valence-corrected chi connectivity index (χ2v) is 5.50. The smallest absolute Gasteiger partial charge is 0.00136 e. The molecule has 0 bridgehead atoms. The van der Waals surface area contributed by atoms with E-state index in [-0.39, 0.29) is 0 Å². The van der Waals surface area contributed by atoms with Gasteiger partial charge in [0.2, 0.25) is 0 Å². The van der Waals surface area contributed by atoms with Crippen LogP contribution in [0.3, 0.4) is 0 Å². The standard InChI is InChI=1S/C13H25N/c1-3-8-13(10-14-9-11(13)2)12-6-4-5-7-12/h11-12,14H,3-10H2,1-2H3. The Kier molecular flexibility index (Phi) is 3.16. The zero-order valence-corrected chi connectivity index (χ0v) is 9.81. The molecule has 2 atom stereocenters. The minimum atomic E-state index is 0.672. The lowest BCUT2D eigenvalue weighted by molar-refractivity contribution is 0.117. The summed E-state index contributed by atoms with van der Waals surface area (Å²) in [6.45, 7) is 7.37. The molecule has 2 unspecified atom stereocenters. The molecule has 1 nitrogen and oxygen atoms in total. The predicted octanol–water partition coefficient (Wildman–Crippen LogP) is 3.20. The molecule has 1 N–H and O–H groups in total. The Bertz CT molecular complexity index is 184. The van der Waals surface area contributed by atoms with Gasteiger partial charge in [-0.1, -0.05) is 33.1 Å². The first-order valence-electron chi connectivity index (χ1n) is 6.50. The summed E-state index contributed by atoms with van der Waals surface area (Å²) in [5, 5.41) is 3.62. The van der Waals surface area contributed by atoms with E-state index in [0.717, 1.165) is 11.8 Å². The van der Waals surface area contributed by atoms with Gasteiger partial charge in [-0.3, -0.25) is 0 Å². The van der Waals surface area contributed by atoms with Gasteiger partial charge in [0.1, 0.15) is 0 Å². The summed E-state index contributed by atoms with van der Waals surface area (Å²) in [5.74, 6) is 1.94. The topological polar surface area (TPSA) is 12.0 Å². The molecule has 1 heterocycles. The monoisotopic (exact) mass is 195 g/mol. The molecule has 0 amide bonds. The molecule has 0 aromatic carbocycles. The lowest BCUT2D eigenvalue weighted by Crippen LogP contribution is -2.36. The maximum absolute atomic E-state index is 3.62. The number of hydrogen-bond acceptors (Lipinski definition) is 1. The summed E-state index contributed by atoms with van der Waals surface area (Å²) >= 11 is 0. The van der Waals surface area contributed by atoms with Gasteiger partial charge in [0.05, 0.1) is 0 Å². The number of rotatable bonds is 3. The van der Waals surface area contributed by atoms with E-state index in [4.69, 9.17) is 0 Å². The van der Waals surface area contributed by atoms with E-state index in [0.29, 0.717) is 5.41 Å². The van der Waals surface area contributed by atoms with Crippen molar-refractivity contribution in [3.05, 3.63) is 0 Å². The number of nitrogens with one attached hydrogen (secondary N) is 1. The molecule has 82 valence electrons. The average molecular weight is 195 g/mol. The fourth-order valence-corrected chi connectivity index (χ4v) is 3.95. The Labute approximate surface area is 88.7 Å². The molecule has 2 aliphatic rings. The molecule has 1 saturated carbocycles. The van der Waals surface area contributed by atoms with Crippen LogP contribution in [0.2, 0.25) is 0 Å². The minimum Gasteiger partial charge on any atom is -0.316 e. The van der Waals surface area contributed by atoms with E-state index in [1.165, 1.54) is 51.6 Å². The first kappa shape index (κ1) is 10.5. The molecule has 1 aliphatic heterocycles. The summed E-state index contributed by atoms with van der Waals surface area (Å²) in [6.07, 6.45) is 8.80. The molecule has 0 aromatic rings. The lowest BCUT2D eigenvalue weighted by Gasteiger charge is -2.39. The van der Waals surface area contributed by atoms with Crippen molar-refractivity contribution < 1.29 is 0 Å². The van der Waals surface area contributed by atoms with Gasteiger partial charge in [-0.05, 0) is 43.1 Å². The van der Waals surface area contributed by atoms with Crippen LogP contribution in [0.15, 0.2) is 0 Å². The van der Waals surface area contributed by atoms with E-state index >= 15 is 0 Å². The highest BCUT2D eigenvalue weighted by molar-refractivity contribution is 4.98. The van der Waals surface area contributed by atoms with E-state index in [1.807, 2.05) is 0 Å². The molecule has 1 aliphatic carbocycles. The van der Waals surface area contributed by atoms with Gasteiger partial charge in [0.25, 0.3) is 0 Å². The largest absolute Gasteiger partial charge is 0.316 e. The summed E-state index contributed by atoms with van der Waals surface area (Å²) < 4.78 is 0. The Balaban J connectivity index is 2.11. The van der Waals surface area contributed by atoms with E-state index in [2.05, 4.69) is 19.2 Å². The maximum atomic E-state index is 3.62. The minimum absolute atomic E-state index is 0.672. The zero-order valence-electron chi connectivity index (χ0n) is 9.81. The Morgan fingerprint density at radius 1 is 1.29 bits per heavy atom. The molecule has 0 radical (unpaired) electrons. The molecule has 2 rings (SSSR count). The van der Waals surface area contributed by atoms with E-state index in [1.54, 1.807) is 0 Å². The first-order chi connectivity index (χ1) is 6.79. The van der Waals surface area contributed by atoms with Crippen LogP contribution in [-0.4, -0.2) is 13.1 Å². The van der Waals surface area contributed by atoms with E-state index < -0.39 is 0 Å². The molecule has 0 spiro atoms. The van der Waals surface area contributed by atoms with Crippen molar-refractivity contribution in [3.8, 4) is 0 Å². The molecule has 14 heavy (non-hydrogen) atoms. The third-order valence-electron chi connectivity index (χ3n) is 4.77. The molecular weight excluding hydrogens is 170 g/mol. The van der Waals surface area contributed by atoms with Crippen LogP contribution in [0.5, 0.6) is 0 Å². The van der Waals surface area contributed by atoms with Gasteiger partial charge in [0.15, 0.2) is 0 Å². The highest BCUT2D eigenvalue weighted by Crippen LogP contribution is 2.49. The fourth-order valence-electron chi connectivity index (χ4n) is 3.95. The Morgan fingerprint density at radius 3 is 2.50 bits per heavy atom. The highest BCUT2D eigenvalue weighted by atomic mass is 14.9. The summed E-state index contributed by atoms with van der Waals surface area (Å²) in [5.41, 5.74) is 0.672. The van der Waals surface area contributed by atoms with Gasteiger partial charge in [-0.15, -0.1) is 0 Å². The molecular formula is C13H25N. The average Bonchev–Trinajstić information content (AvgIpc) is 2.77. The van der Waals surface area contributed by atoms with Crippen LogP contribution in [0.1, 0.15) is 52.4 Å². The van der Waals surface area contributed by atoms with Gasteiger partial charge >= 0.3 is 0 Å². The van der Waals surface area contributed by atoms with Crippen molar-refractivity contribution in [2.75, 3.05) is 13.1 Å². The Morgan fingerprint density at radius 2 is 2.00 bits per heavy atom. The third-order valence-corrected chi connectivity index (χ3v) is 4.77. The second kappa shape index (κ2) is 4.22. The van der Waals surface area contributed by atoms with Crippen LogP contribution in [-0.2, 0) is 0 Å². The van der Waals surface area contributed by atoms with Crippen LogP contribution in [0, 0.1) is 17.3 Å². The Hall–Kier alpha value is -0.0400. The predicted molar refractivity (Wildman–Crippen MR) is 61.3 cm³/mol. The third kappa shape index (κ3) is 1.60. The SMILES string of the molecule is CCCC1(C2CCCC2)CNCC1C. The van der Waals surface area contributed by atoms with E-state index in [9.17, 15) is 0 Å². The lowest BCUT2D eigenvalue weighted by atomic mass is 9.65. The van der Waals surface area contributed by atoms with Gasteiger partial charge in [0, 0.05) is 6.54 Å². The van der Waals surface area contributed by atoms with Gasteiger partial charge < -0.3 is 5.32 Å². The highest BCUT2D eigenvalue weighted by Gasteiger charge is 2.45. The molecule has 2 fully saturated rings. The van der Waals surface area contributed by atoms with Crippen molar-refractivity contribution in [1.82, 2.24) is 5.32 Å². The normalized spacial score (nSPS) is 39.4. The van der Waals surface area contributed by atoms with Crippen molar-refractivity contribution in [3.63, 3.8) is 0 Å². The summed E-state index contributed by atoms with van der Waals surface area (Å²) in [7, 11) is 0. The van der Waals surface area contributed by atoms with Crippen molar-refractivity contribution in [2.45, 2.75) is 52.4 Å².